The minimum atomic E-state index is -0.292. The summed E-state index contributed by atoms with van der Waals surface area (Å²) in [4.78, 5) is 10.7. The highest BCUT2D eigenvalue weighted by Gasteiger charge is 2.29. The summed E-state index contributed by atoms with van der Waals surface area (Å²) in [5.41, 5.74) is 0. The second-order valence-electron chi connectivity index (χ2n) is 7.94. The van der Waals surface area contributed by atoms with Crippen LogP contribution in [0.1, 0.15) is 122 Å². The summed E-state index contributed by atoms with van der Waals surface area (Å²) in [7, 11) is 0. The third-order valence-electron chi connectivity index (χ3n) is 5.37. The number of ether oxygens (including phenoxy) is 1. The maximum absolute atomic E-state index is 10.7. The lowest BCUT2D eigenvalue weighted by molar-refractivity contribution is -0.171. The molecule has 25 heavy (non-hydrogen) atoms. The lowest BCUT2D eigenvalue weighted by Gasteiger charge is -2.27. The van der Waals surface area contributed by atoms with Gasteiger partial charge in [-0.1, -0.05) is 103 Å². The van der Waals surface area contributed by atoms with E-state index in [0.29, 0.717) is 12.8 Å². The molecule has 1 rings (SSSR count). The maximum atomic E-state index is 10.7. The quantitative estimate of drug-likeness (QED) is 0.231. The molecule has 0 radical (unpaired) electrons. The topological polar surface area (TPSA) is 46.5 Å². The van der Waals surface area contributed by atoms with Gasteiger partial charge in [0, 0.05) is 6.42 Å². The molecule has 1 saturated heterocycles. The first-order valence-electron chi connectivity index (χ1n) is 11.1. The number of cyclic esters (lactones) is 1. The van der Waals surface area contributed by atoms with E-state index in [9.17, 15) is 9.90 Å². The van der Waals surface area contributed by atoms with Gasteiger partial charge >= 0.3 is 5.97 Å². The Hall–Kier alpha value is -0.570. The van der Waals surface area contributed by atoms with Gasteiger partial charge in [0.05, 0.1) is 12.5 Å². The second-order valence-corrected chi connectivity index (χ2v) is 7.94. The van der Waals surface area contributed by atoms with Gasteiger partial charge in [0.25, 0.3) is 0 Å². The average Bonchev–Trinajstić information content (AvgIpc) is 2.57. The number of unbranched alkanes of at least 4 members (excludes halogenated alkanes) is 14. The first-order chi connectivity index (χ1) is 12.2. The van der Waals surface area contributed by atoms with Crippen molar-refractivity contribution in [1.82, 2.24) is 0 Å². The standard InChI is InChI=1S/C22H42O3/c1-2-3-4-5-6-7-8-9-10-11-12-13-14-15-16-17-20(23)18-21-19-22(24)25-21/h20-21,23H,2-19H2,1H3/t20-,21?/m0/s1. The van der Waals surface area contributed by atoms with E-state index in [4.69, 9.17) is 4.74 Å². The van der Waals surface area contributed by atoms with Crippen molar-refractivity contribution in [1.29, 1.82) is 0 Å². The van der Waals surface area contributed by atoms with Crippen LogP contribution in [0.25, 0.3) is 0 Å². The number of carbonyl (C=O) groups is 1. The fourth-order valence-corrected chi connectivity index (χ4v) is 3.67. The van der Waals surface area contributed by atoms with Crippen molar-refractivity contribution in [2.24, 2.45) is 0 Å². The number of hydrogen-bond donors (Lipinski definition) is 1. The zero-order valence-corrected chi connectivity index (χ0v) is 16.6. The molecule has 0 spiro atoms. The second kappa shape index (κ2) is 15.7. The van der Waals surface area contributed by atoms with Crippen LogP contribution >= 0.6 is 0 Å². The molecule has 3 heteroatoms. The Morgan fingerprint density at radius 3 is 1.64 bits per heavy atom. The van der Waals surface area contributed by atoms with Gasteiger partial charge in [-0.25, -0.2) is 0 Å². The van der Waals surface area contributed by atoms with Crippen LogP contribution in [0.5, 0.6) is 0 Å². The summed E-state index contributed by atoms with van der Waals surface area (Å²) in [5.74, 6) is -0.121. The number of carbonyl (C=O) groups excluding carboxylic acids is 1. The highest BCUT2D eigenvalue weighted by atomic mass is 16.6. The van der Waals surface area contributed by atoms with Crippen molar-refractivity contribution in [3.05, 3.63) is 0 Å². The zero-order chi connectivity index (χ0) is 18.2. The van der Waals surface area contributed by atoms with E-state index in [0.717, 1.165) is 12.8 Å². The van der Waals surface area contributed by atoms with Gasteiger partial charge in [-0.15, -0.1) is 0 Å². The molecule has 148 valence electrons. The smallest absolute Gasteiger partial charge is 0.309 e. The van der Waals surface area contributed by atoms with Gasteiger partial charge in [0.1, 0.15) is 6.10 Å². The summed E-state index contributed by atoms with van der Waals surface area (Å²) in [6.07, 6.45) is 22.2. The molecule has 0 amide bonds. The fraction of sp³-hybridized carbons (Fsp3) is 0.955. The molecule has 0 aromatic heterocycles. The van der Waals surface area contributed by atoms with E-state index in [2.05, 4.69) is 6.92 Å². The third-order valence-corrected chi connectivity index (χ3v) is 5.37. The van der Waals surface area contributed by atoms with E-state index < -0.39 is 0 Å². The summed E-state index contributed by atoms with van der Waals surface area (Å²) < 4.78 is 4.94. The molecule has 1 aliphatic rings. The molecule has 0 aromatic rings. The summed E-state index contributed by atoms with van der Waals surface area (Å²) in [6.45, 7) is 2.28. The van der Waals surface area contributed by atoms with Crippen LogP contribution < -0.4 is 0 Å². The highest BCUT2D eigenvalue weighted by molar-refractivity contribution is 5.75. The van der Waals surface area contributed by atoms with Gasteiger partial charge in [-0.2, -0.15) is 0 Å². The number of hydrogen-bond acceptors (Lipinski definition) is 3. The maximum Gasteiger partial charge on any atom is 0.309 e. The molecular weight excluding hydrogens is 312 g/mol. The summed E-state index contributed by atoms with van der Waals surface area (Å²) in [6, 6.07) is 0. The first-order valence-corrected chi connectivity index (χ1v) is 11.1. The monoisotopic (exact) mass is 354 g/mol. The Morgan fingerprint density at radius 2 is 1.24 bits per heavy atom. The van der Waals surface area contributed by atoms with Gasteiger partial charge in [-0.3, -0.25) is 4.79 Å². The first kappa shape index (κ1) is 22.5. The van der Waals surface area contributed by atoms with Crippen LogP contribution in [0.15, 0.2) is 0 Å². The van der Waals surface area contributed by atoms with E-state index >= 15 is 0 Å². The van der Waals surface area contributed by atoms with Crippen molar-refractivity contribution < 1.29 is 14.6 Å². The molecule has 1 fully saturated rings. The highest BCUT2D eigenvalue weighted by Crippen LogP contribution is 2.21. The van der Waals surface area contributed by atoms with Gasteiger partial charge in [0.15, 0.2) is 0 Å². The Balaban J connectivity index is 1.69. The molecular formula is C22H42O3. The van der Waals surface area contributed by atoms with E-state index in [1.807, 2.05) is 0 Å². The minimum Gasteiger partial charge on any atom is -0.462 e. The molecule has 1 aliphatic heterocycles. The Labute approximate surface area is 155 Å². The molecule has 0 aliphatic carbocycles. The van der Waals surface area contributed by atoms with Gasteiger partial charge in [-0.05, 0) is 6.42 Å². The predicted molar refractivity (Wildman–Crippen MR) is 105 cm³/mol. The average molecular weight is 355 g/mol. The lowest BCUT2D eigenvalue weighted by Crippen LogP contribution is -2.35. The van der Waals surface area contributed by atoms with Crippen LogP contribution in [0.2, 0.25) is 0 Å². The predicted octanol–water partition coefficient (Wildman–Crippen LogP) is 6.31. The number of rotatable bonds is 18. The Morgan fingerprint density at radius 1 is 0.840 bits per heavy atom. The number of esters is 1. The van der Waals surface area contributed by atoms with Crippen LogP contribution in [0.3, 0.4) is 0 Å². The van der Waals surface area contributed by atoms with Crippen molar-refractivity contribution in [3.8, 4) is 0 Å². The third kappa shape index (κ3) is 13.3. The minimum absolute atomic E-state index is 0.0150. The van der Waals surface area contributed by atoms with E-state index in [1.54, 1.807) is 0 Å². The van der Waals surface area contributed by atoms with Crippen LogP contribution in [-0.4, -0.2) is 23.3 Å². The Bertz CT molecular complexity index is 308. The van der Waals surface area contributed by atoms with Crippen molar-refractivity contribution in [2.45, 2.75) is 135 Å². The molecule has 1 heterocycles. The number of aliphatic hydroxyl groups is 1. The van der Waals surface area contributed by atoms with Crippen LogP contribution in [0.4, 0.5) is 0 Å². The summed E-state index contributed by atoms with van der Waals surface area (Å²) >= 11 is 0. The molecule has 2 atom stereocenters. The van der Waals surface area contributed by atoms with E-state index in [1.165, 1.54) is 89.9 Å². The fourth-order valence-electron chi connectivity index (χ4n) is 3.67. The van der Waals surface area contributed by atoms with E-state index in [-0.39, 0.29) is 18.2 Å². The summed E-state index contributed by atoms with van der Waals surface area (Å²) in [5, 5.41) is 9.88. The largest absolute Gasteiger partial charge is 0.462 e. The molecule has 1 unspecified atom stereocenters. The lowest BCUT2D eigenvalue weighted by atomic mass is 10.00. The Kier molecular flexibility index (Phi) is 14.1. The SMILES string of the molecule is CCCCCCCCCCCCCCCCC[C@H](O)CC1CC(=O)O1. The molecule has 1 N–H and O–H groups in total. The van der Waals surface area contributed by atoms with Crippen LogP contribution in [0, 0.1) is 0 Å². The molecule has 0 bridgehead atoms. The van der Waals surface area contributed by atoms with Crippen molar-refractivity contribution >= 4 is 5.97 Å². The van der Waals surface area contributed by atoms with Crippen molar-refractivity contribution in [3.63, 3.8) is 0 Å². The molecule has 0 aromatic carbocycles. The molecule has 0 saturated carbocycles. The normalized spacial score (nSPS) is 18.0. The zero-order valence-electron chi connectivity index (χ0n) is 16.6. The van der Waals surface area contributed by atoms with Crippen molar-refractivity contribution in [2.75, 3.05) is 0 Å². The molecule has 3 nitrogen and oxygen atoms in total. The number of aliphatic hydroxyl groups excluding tert-OH is 1. The van der Waals surface area contributed by atoms with Gasteiger partial charge in [0.2, 0.25) is 0 Å². The van der Waals surface area contributed by atoms with Gasteiger partial charge < -0.3 is 9.84 Å². The van der Waals surface area contributed by atoms with Crippen LogP contribution in [-0.2, 0) is 9.53 Å².